The molecule has 1 N–H and O–H groups in total. The van der Waals surface area contributed by atoms with Crippen LogP contribution in [0.15, 0.2) is 54.6 Å². The number of carbonyl (C=O) groups is 2. The molecule has 0 unspecified atom stereocenters. The number of benzene rings is 2. The minimum atomic E-state index is -0.247. The first-order valence-electron chi connectivity index (χ1n) is 7.19. The van der Waals surface area contributed by atoms with Crippen LogP contribution in [0.3, 0.4) is 0 Å². The molecular weight excluding hydrogens is 278 g/mol. The highest BCUT2D eigenvalue weighted by molar-refractivity contribution is 5.88. The normalized spacial score (nSPS) is 10.0. The molecule has 0 atom stereocenters. The summed E-state index contributed by atoms with van der Waals surface area (Å²) in [5, 5.41) is 2.68. The van der Waals surface area contributed by atoms with Crippen LogP contribution in [0.4, 0.5) is 5.69 Å². The Morgan fingerprint density at radius 2 is 1.64 bits per heavy atom. The fourth-order valence-electron chi connectivity index (χ4n) is 2.05. The first-order valence-corrected chi connectivity index (χ1v) is 7.19. The van der Waals surface area contributed by atoms with Crippen molar-refractivity contribution in [2.45, 2.75) is 19.8 Å². The van der Waals surface area contributed by atoms with Crippen molar-refractivity contribution >= 4 is 17.6 Å². The zero-order chi connectivity index (χ0) is 15.8. The van der Waals surface area contributed by atoms with Gasteiger partial charge in [0, 0.05) is 19.0 Å². The summed E-state index contributed by atoms with van der Waals surface area (Å²) in [6.07, 6.45) is 0.948. The number of esters is 1. The molecule has 0 spiro atoms. The molecule has 114 valence electrons. The van der Waals surface area contributed by atoms with Gasteiger partial charge < -0.3 is 10.1 Å². The first-order chi connectivity index (χ1) is 10.6. The van der Waals surface area contributed by atoms with Crippen molar-refractivity contribution in [2.75, 3.05) is 11.9 Å². The second-order valence-electron chi connectivity index (χ2n) is 5.01. The van der Waals surface area contributed by atoms with Crippen molar-refractivity contribution in [3.05, 3.63) is 65.7 Å². The number of anilines is 1. The molecule has 0 fully saturated rings. The van der Waals surface area contributed by atoms with E-state index in [0.29, 0.717) is 18.7 Å². The van der Waals surface area contributed by atoms with E-state index in [4.69, 9.17) is 4.74 Å². The van der Waals surface area contributed by atoms with E-state index in [1.807, 2.05) is 42.5 Å². The monoisotopic (exact) mass is 297 g/mol. The average molecular weight is 297 g/mol. The van der Waals surface area contributed by atoms with E-state index in [1.165, 1.54) is 6.92 Å². The van der Waals surface area contributed by atoms with Gasteiger partial charge in [0.1, 0.15) is 0 Å². The molecule has 0 aromatic heterocycles. The van der Waals surface area contributed by atoms with E-state index < -0.39 is 0 Å². The molecule has 22 heavy (non-hydrogen) atoms. The third-order valence-corrected chi connectivity index (χ3v) is 3.12. The summed E-state index contributed by atoms with van der Waals surface area (Å²) in [5.74, 6) is -0.365. The van der Waals surface area contributed by atoms with Crippen LogP contribution in [-0.4, -0.2) is 18.5 Å². The average Bonchev–Trinajstić information content (AvgIpc) is 2.50. The minimum absolute atomic E-state index is 0.118. The van der Waals surface area contributed by atoms with E-state index in [-0.39, 0.29) is 18.3 Å². The molecule has 0 radical (unpaired) electrons. The molecule has 4 nitrogen and oxygen atoms in total. The molecular formula is C18H19NO3. The summed E-state index contributed by atoms with van der Waals surface area (Å²) in [5.41, 5.74) is 2.72. The van der Waals surface area contributed by atoms with Crippen LogP contribution in [0.2, 0.25) is 0 Å². The molecule has 0 aliphatic rings. The fraction of sp³-hybridized carbons (Fsp3) is 0.222. The molecule has 0 heterocycles. The van der Waals surface area contributed by atoms with E-state index in [1.54, 1.807) is 12.1 Å². The van der Waals surface area contributed by atoms with Gasteiger partial charge in [0.2, 0.25) is 5.91 Å². The quantitative estimate of drug-likeness (QED) is 0.834. The van der Waals surface area contributed by atoms with E-state index in [0.717, 1.165) is 11.1 Å². The van der Waals surface area contributed by atoms with Crippen LogP contribution in [0.5, 0.6) is 0 Å². The second-order valence-corrected chi connectivity index (χ2v) is 5.01. The summed E-state index contributed by atoms with van der Waals surface area (Å²) >= 11 is 0. The summed E-state index contributed by atoms with van der Waals surface area (Å²) in [7, 11) is 0. The number of amides is 1. The van der Waals surface area contributed by atoms with E-state index in [2.05, 4.69) is 5.32 Å². The Morgan fingerprint density at radius 3 is 2.27 bits per heavy atom. The molecule has 0 aliphatic heterocycles. The molecule has 0 aliphatic carbocycles. The smallest absolute Gasteiger partial charge is 0.310 e. The van der Waals surface area contributed by atoms with Gasteiger partial charge in [0.05, 0.1) is 13.0 Å². The SMILES string of the molecule is CC(=O)Nc1ccc(CC(=O)OCCc2ccccc2)cc1. The maximum absolute atomic E-state index is 11.8. The highest BCUT2D eigenvalue weighted by atomic mass is 16.5. The van der Waals surface area contributed by atoms with Crippen LogP contribution in [-0.2, 0) is 27.2 Å². The largest absolute Gasteiger partial charge is 0.465 e. The van der Waals surface area contributed by atoms with Crippen molar-refractivity contribution in [3.8, 4) is 0 Å². The van der Waals surface area contributed by atoms with Gasteiger partial charge in [-0.25, -0.2) is 0 Å². The highest BCUT2D eigenvalue weighted by Crippen LogP contribution is 2.10. The maximum atomic E-state index is 11.8. The van der Waals surface area contributed by atoms with Gasteiger partial charge in [0.25, 0.3) is 0 Å². The van der Waals surface area contributed by atoms with Gasteiger partial charge in [-0.1, -0.05) is 42.5 Å². The van der Waals surface area contributed by atoms with E-state index in [9.17, 15) is 9.59 Å². The van der Waals surface area contributed by atoms with Gasteiger partial charge >= 0.3 is 5.97 Å². The lowest BCUT2D eigenvalue weighted by Crippen LogP contribution is -2.11. The van der Waals surface area contributed by atoms with Crippen molar-refractivity contribution in [2.24, 2.45) is 0 Å². The molecule has 1 amide bonds. The molecule has 0 saturated carbocycles. The van der Waals surface area contributed by atoms with Gasteiger partial charge in [-0.3, -0.25) is 9.59 Å². The lowest BCUT2D eigenvalue weighted by atomic mass is 10.1. The van der Waals surface area contributed by atoms with Crippen LogP contribution in [0, 0.1) is 0 Å². The van der Waals surface area contributed by atoms with Crippen LogP contribution >= 0.6 is 0 Å². The zero-order valence-electron chi connectivity index (χ0n) is 12.5. The maximum Gasteiger partial charge on any atom is 0.310 e. The highest BCUT2D eigenvalue weighted by Gasteiger charge is 2.05. The third kappa shape index (κ3) is 5.40. The van der Waals surface area contributed by atoms with Gasteiger partial charge in [-0.2, -0.15) is 0 Å². The predicted molar refractivity (Wildman–Crippen MR) is 85.6 cm³/mol. The van der Waals surface area contributed by atoms with E-state index >= 15 is 0 Å². The van der Waals surface area contributed by atoms with Gasteiger partial charge in [0.15, 0.2) is 0 Å². The fourth-order valence-corrected chi connectivity index (χ4v) is 2.05. The molecule has 4 heteroatoms. The molecule has 2 rings (SSSR count). The summed E-state index contributed by atoms with van der Waals surface area (Å²) < 4.78 is 5.24. The molecule has 0 saturated heterocycles. The van der Waals surface area contributed by atoms with Gasteiger partial charge in [-0.15, -0.1) is 0 Å². The Hall–Kier alpha value is -2.62. The minimum Gasteiger partial charge on any atom is -0.465 e. The number of rotatable bonds is 6. The van der Waals surface area contributed by atoms with Crippen molar-refractivity contribution in [1.82, 2.24) is 0 Å². The number of nitrogens with one attached hydrogen (secondary N) is 1. The second kappa shape index (κ2) is 7.98. The molecule has 2 aromatic rings. The number of hydrogen-bond acceptors (Lipinski definition) is 3. The first kappa shape index (κ1) is 15.8. The van der Waals surface area contributed by atoms with Crippen molar-refractivity contribution in [3.63, 3.8) is 0 Å². The standard InChI is InChI=1S/C18H19NO3/c1-14(20)19-17-9-7-16(8-10-17)13-18(21)22-12-11-15-5-3-2-4-6-15/h2-10H,11-13H2,1H3,(H,19,20). The third-order valence-electron chi connectivity index (χ3n) is 3.12. The Kier molecular flexibility index (Phi) is 5.72. The summed E-state index contributed by atoms with van der Waals surface area (Å²) in [6, 6.07) is 17.1. The molecule has 0 bridgehead atoms. The summed E-state index contributed by atoms with van der Waals surface area (Å²) in [6.45, 7) is 1.84. The van der Waals surface area contributed by atoms with Crippen LogP contribution in [0.1, 0.15) is 18.1 Å². The summed E-state index contributed by atoms with van der Waals surface area (Å²) in [4.78, 5) is 22.7. The Morgan fingerprint density at radius 1 is 0.955 bits per heavy atom. The lowest BCUT2D eigenvalue weighted by molar-refractivity contribution is -0.142. The van der Waals surface area contributed by atoms with Crippen molar-refractivity contribution in [1.29, 1.82) is 0 Å². The number of hydrogen-bond donors (Lipinski definition) is 1. The van der Waals surface area contributed by atoms with Crippen LogP contribution < -0.4 is 5.32 Å². The van der Waals surface area contributed by atoms with Crippen molar-refractivity contribution < 1.29 is 14.3 Å². The van der Waals surface area contributed by atoms with Crippen LogP contribution in [0.25, 0.3) is 0 Å². The lowest BCUT2D eigenvalue weighted by Gasteiger charge is -2.06. The Bertz CT molecular complexity index is 621. The zero-order valence-corrected chi connectivity index (χ0v) is 12.5. The number of ether oxygens (including phenoxy) is 1. The Labute approximate surface area is 130 Å². The topological polar surface area (TPSA) is 55.4 Å². The number of carbonyl (C=O) groups excluding carboxylic acids is 2. The Balaban J connectivity index is 1.75. The molecule has 2 aromatic carbocycles. The van der Waals surface area contributed by atoms with Gasteiger partial charge in [-0.05, 0) is 23.3 Å². The predicted octanol–water partition coefficient (Wildman–Crippen LogP) is 2.97.